The normalized spacial score (nSPS) is 13.5. The van der Waals surface area contributed by atoms with Crippen LogP contribution in [0.5, 0.6) is 0 Å². The SMILES string of the molecule is CCCCc1c(N2c3cc(-n4c5ccccc5c5cc(C(C)(C)C)ccc54)ccc3B3c4ccc(-n5c6ccccc6c6cc(C(C)(C)C)ccc65)cc4N(c4ccc5oc6ccccc6c5c4CCCC)c4cc(C(C)(C)C)cc2c43)ccc2oc3ccccc3c12. The highest BCUT2D eigenvalue weighted by Crippen LogP contribution is 2.52. The summed E-state index contributed by atoms with van der Waals surface area (Å²) in [6.07, 6.45) is 5.97. The van der Waals surface area contributed by atoms with Crippen molar-refractivity contribution in [2.45, 2.75) is 131 Å². The Morgan fingerprint density at radius 1 is 0.333 bits per heavy atom. The fourth-order valence-corrected chi connectivity index (χ4v) is 16.0. The lowest BCUT2D eigenvalue weighted by molar-refractivity contribution is 0.590. The molecule has 7 heteroatoms. The number of hydrogen-bond donors (Lipinski definition) is 0. The van der Waals surface area contributed by atoms with Crippen LogP contribution < -0.4 is 26.2 Å². The number of unbranched alkanes of at least 4 members (excludes halogenated alkanes) is 2. The maximum Gasteiger partial charge on any atom is 0.252 e. The second-order valence-electron chi connectivity index (χ2n) is 29.7. The Kier molecular flexibility index (Phi) is 12.9. The molecule has 0 saturated heterocycles. The van der Waals surface area contributed by atoms with E-state index in [1.807, 2.05) is 0 Å². The molecule has 11 aromatic carbocycles. The van der Waals surface area contributed by atoms with Crippen molar-refractivity contribution in [3.05, 3.63) is 234 Å². The zero-order chi connectivity index (χ0) is 63.6. The minimum atomic E-state index is -0.252. The minimum Gasteiger partial charge on any atom is -0.456 e. The Morgan fingerprint density at radius 3 is 1.15 bits per heavy atom. The lowest BCUT2D eigenvalue weighted by atomic mass is 9.33. The predicted molar refractivity (Wildman–Crippen MR) is 397 cm³/mol. The van der Waals surface area contributed by atoms with E-state index in [4.69, 9.17) is 8.83 Å². The molecule has 0 spiro atoms. The molecule has 0 bridgehead atoms. The van der Waals surface area contributed by atoms with Gasteiger partial charge in [0, 0.05) is 77.2 Å². The third kappa shape index (κ3) is 8.74. The molecule has 0 radical (unpaired) electrons. The maximum absolute atomic E-state index is 6.82. The van der Waals surface area contributed by atoms with Crippen molar-refractivity contribution >= 4 is 145 Å². The first-order valence-corrected chi connectivity index (χ1v) is 34.0. The number of rotatable bonds is 10. The van der Waals surface area contributed by atoms with E-state index in [1.165, 1.54) is 133 Å². The van der Waals surface area contributed by atoms with Gasteiger partial charge in [-0.15, -0.1) is 0 Å². The number of para-hydroxylation sites is 4. The Morgan fingerprint density at radius 2 is 0.731 bits per heavy atom. The first-order valence-electron chi connectivity index (χ1n) is 34.0. The van der Waals surface area contributed by atoms with E-state index in [0.717, 1.165) is 83.0 Å². The largest absolute Gasteiger partial charge is 0.456 e. The van der Waals surface area contributed by atoms with Crippen LogP contribution >= 0.6 is 0 Å². The summed E-state index contributed by atoms with van der Waals surface area (Å²) in [4.78, 5) is 5.40. The third-order valence-electron chi connectivity index (χ3n) is 20.8. The summed E-state index contributed by atoms with van der Waals surface area (Å²) in [5, 5.41) is 9.77. The summed E-state index contributed by atoms with van der Waals surface area (Å²) < 4.78 is 18.7. The third-order valence-corrected chi connectivity index (χ3v) is 20.8. The molecular formula is C86H79BN4O2. The van der Waals surface area contributed by atoms with Crippen molar-refractivity contribution in [2.75, 3.05) is 9.80 Å². The maximum atomic E-state index is 6.82. The zero-order valence-corrected chi connectivity index (χ0v) is 55.6. The molecule has 6 nitrogen and oxygen atoms in total. The molecule has 0 N–H and O–H groups in total. The molecule has 2 aliphatic heterocycles. The molecule has 0 fully saturated rings. The van der Waals surface area contributed by atoms with Gasteiger partial charge in [0.25, 0.3) is 6.71 Å². The average Bonchev–Trinajstić information content (AvgIpc) is 0.804. The lowest BCUT2D eigenvalue weighted by Gasteiger charge is -2.46. The molecule has 4 aromatic heterocycles. The zero-order valence-electron chi connectivity index (χ0n) is 55.6. The molecular weight excluding hydrogens is 1130 g/mol. The summed E-state index contributed by atoms with van der Waals surface area (Å²) >= 11 is 0. The number of hydrogen-bond acceptors (Lipinski definition) is 4. The van der Waals surface area contributed by atoms with E-state index in [0.29, 0.717) is 0 Å². The van der Waals surface area contributed by atoms with Gasteiger partial charge in [0.2, 0.25) is 0 Å². The predicted octanol–water partition coefficient (Wildman–Crippen LogP) is 22.3. The van der Waals surface area contributed by atoms with Gasteiger partial charge in [-0.1, -0.05) is 186 Å². The molecule has 15 aromatic rings. The van der Waals surface area contributed by atoms with E-state index in [1.54, 1.807) is 0 Å². The highest BCUT2D eigenvalue weighted by atomic mass is 16.3. The van der Waals surface area contributed by atoms with Crippen LogP contribution in [-0.4, -0.2) is 15.8 Å². The number of anilines is 6. The van der Waals surface area contributed by atoms with E-state index in [2.05, 4.69) is 301 Å². The van der Waals surface area contributed by atoms with Crippen LogP contribution in [0.3, 0.4) is 0 Å². The second kappa shape index (κ2) is 20.9. The van der Waals surface area contributed by atoms with Gasteiger partial charge in [-0.05, 0) is 195 Å². The monoisotopic (exact) mass is 1210 g/mol. The fraction of sp³-hybridized carbons (Fsp3) is 0.233. The van der Waals surface area contributed by atoms with Crippen LogP contribution in [0.15, 0.2) is 215 Å². The fourth-order valence-electron chi connectivity index (χ4n) is 16.0. The van der Waals surface area contributed by atoms with E-state index in [-0.39, 0.29) is 23.0 Å². The number of furan rings is 2. The molecule has 0 atom stereocenters. The number of fused-ring (bicyclic) bond motifs is 16. The summed E-state index contributed by atoms with van der Waals surface area (Å²) in [6.45, 7) is 25.6. The van der Waals surface area contributed by atoms with E-state index in [9.17, 15) is 0 Å². The first kappa shape index (κ1) is 57.2. The Labute approximate surface area is 545 Å². The first-order chi connectivity index (χ1) is 45.0. The van der Waals surface area contributed by atoms with Crippen LogP contribution in [0.1, 0.15) is 130 Å². The smallest absolute Gasteiger partial charge is 0.252 e. The number of nitrogens with zero attached hydrogens (tertiary/aromatic N) is 4. The van der Waals surface area contributed by atoms with Crippen LogP contribution in [0.2, 0.25) is 0 Å². The van der Waals surface area contributed by atoms with Gasteiger partial charge < -0.3 is 27.8 Å². The standard InChI is InChI=1S/C86H79BN4O2/c1-12-14-24-59-69(42-44-79-81(59)61-28-18-22-32-77(61)92-79)90-73-50-55(88-67-30-20-16-26-57(67)63-46-52(84(3,4)5)34-40-71(63)88)36-38-65(73)87-66-39-37-56(89-68-31-21-17-27-58(68)64-47-53(85(6,7)8)35-41-72(64)89)51-74(66)91(76-49-54(86(9,10)11)48-75(90)83(76)87)70-43-45-80-82(60(70)25-15-13-2)62-29-19-23-33-78(62)93-80/h16-23,26-51H,12-15,24-25H2,1-11H3. The van der Waals surface area contributed by atoms with Gasteiger partial charge in [0.1, 0.15) is 22.3 Å². The van der Waals surface area contributed by atoms with Crippen LogP contribution in [0, 0.1) is 0 Å². The number of aryl methyl sites for hydroxylation is 2. The van der Waals surface area contributed by atoms with Gasteiger partial charge in [0.15, 0.2) is 0 Å². The van der Waals surface area contributed by atoms with Crippen LogP contribution in [0.25, 0.3) is 98.9 Å². The van der Waals surface area contributed by atoms with Crippen molar-refractivity contribution in [3.8, 4) is 11.4 Å². The van der Waals surface area contributed by atoms with Crippen LogP contribution in [-0.2, 0) is 29.1 Å². The highest BCUT2D eigenvalue weighted by molar-refractivity contribution is 7.00. The Balaban J connectivity index is 1.01. The summed E-state index contributed by atoms with van der Waals surface area (Å²) in [7, 11) is 0. The van der Waals surface area contributed by atoms with Gasteiger partial charge in [-0.2, -0.15) is 0 Å². The molecule has 2 aliphatic rings. The van der Waals surface area contributed by atoms with Gasteiger partial charge in [-0.3, -0.25) is 0 Å². The topological polar surface area (TPSA) is 42.6 Å². The molecule has 93 heavy (non-hydrogen) atoms. The highest BCUT2D eigenvalue weighted by Gasteiger charge is 2.46. The summed E-state index contributed by atoms with van der Waals surface area (Å²) in [6, 6.07) is 79.0. The molecule has 17 rings (SSSR count). The molecule has 458 valence electrons. The van der Waals surface area contributed by atoms with Crippen molar-refractivity contribution in [1.82, 2.24) is 9.13 Å². The van der Waals surface area contributed by atoms with Crippen molar-refractivity contribution < 1.29 is 8.83 Å². The van der Waals surface area contributed by atoms with Crippen molar-refractivity contribution in [1.29, 1.82) is 0 Å². The number of aromatic nitrogens is 2. The van der Waals surface area contributed by atoms with Gasteiger partial charge >= 0.3 is 0 Å². The quantitative estimate of drug-likeness (QED) is 0.128. The lowest BCUT2D eigenvalue weighted by Crippen LogP contribution is -2.61. The molecule has 6 heterocycles. The van der Waals surface area contributed by atoms with E-state index < -0.39 is 0 Å². The minimum absolute atomic E-state index is 0.0114. The second-order valence-corrected chi connectivity index (χ2v) is 29.7. The molecule has 0 amide bonds. The van der Waals surface area contributed by atoms with Crippen LogP contribution in [0.4, 0.5) is 34.1 Å². The average molecular weight is 1210 g/mol. The van der Waals surface area contributed by atoms with E-state index >= 15 is 0 Å². The Bertz CT molecular complexity index is 5260. The van der Waals surface area contributed by atoms with Crippen molar-refractivity contribution in [3.63, 3.8) is 0 Å². The van der Waals surface area contributed by atoms with Gasteiger partial charge in [-0.25, -0.2) is 0 Å². The summed E-state index contributed by atoms with van der Waals surface area (Å²) in [5.74, 6) is 0. The van der Waals surface area contributed by atoms with Gasteiger partial charge in [0.05, 0.1) is 33.4 Å². The molecule has 0 saturated carbocycles. The van der Waals surface area contributed by atoms with Crippen molar-refractivity contribution in [2.24, 2.45) is 0 Å². The number of benzene rings is 11. The molecule has 0 aliphatic carbocycles. The Hall–Kier alpha value is -9.72. The molecule has 0 unspecified atom stereocenters. The summed E-state index contributed by atoms with van der Waals surface area (Å²) in [5.41, 5.74) is 28.0.